The van der Waals surface area contributed by atoms with Gasteiger partial charge in [-0.2, -0.15) is 0 Å². The molecule has 0 bridgehead atoms. The number of fused-ring (bicyclic) bond motifs is 1. The Morgan fingerprint density at radius 2 is 1.74 bits per heavy atom. The molecule has 1 aromatic heterocycles. The van der Waals surface area contributed by atoms with E-state index in [0.717, 1.165) is 18.6 Å². The number of amides is 1. The van der Waals surface area contributed by atoms with Gasteiger partial charge in [-0.3, -0.25) is 19.0 Å². The molecule has 0 aliphatic heterocycles. The molecule has 1 aliphatic carbocycles. The summed E-state index contributed by atoms with van der Waals surface area (Å²) in [5, 5.41) is 2.79. The van der Waals surface area contributed by atoms with Crippen molar-refractivity contribution in [2.75, 3.05) is 11.9 Å². The lowest BCUT2D eigenvalue weighted by Crippen LogP contribution is -2.37. The van der Waals surface area contributed by atoms with E-state index < -0.39 is 11.5 Å². The molecule has 2 aromatic carbocycles. The average Bonchev–Trinajstić information content (AvgIpc) is 2.80. The summed E-state index contributed by atoms with van der Waals surface area (Å²) >= 11 is 0. The Hall–Kier alpha value is -3.67. The molecule has 0 spiro atoms. The van der Waals surface area contributed by atoms with Crippen LogP contribution < -0.4 is 15.6 Å². The fraction of sp³-hybridized carbons (Fsp3) is 0.321. The van der Waals surface area contributed by atoms with Crippen LogP contribution in [0.1, 0.15) is 66.4 Å². The number of Topliss-reactive ketones (excluding diaryl/α,β-unsaturated/α-hetero) is 1. The van der Waals surface area contributed by atoms with E-state index in [1.54, 1.807) is 24.3 Å². The molecule has 1 amide bonds. The third-order valence-electron chi connectivity index (χ3n) is 6.03. The molecule has 6 nitrogen and oxygen atoms in total. The largest absolute Gasteiger partial charge is 0.494 e. The molecule has 0 unspecified atom stereocenters. The normalized spacial score (nSPS) is 14.4. The second-order valence-electron chi connectivity index (χ2n) is 9.52. The first-order valence-electron chi connectivity index (χ1n) is 11.7. The number of carbonyl (C=O) groups excluding carboxylic acids is 2. The quantitative estimate of drug-likeness (QED) is 0.479. The summed E-state index contributed by atoms with van der Waals surface area (Å²) in [6, 6.07) is 17.7. The molecule has 0 atom stereocenters. The maximum absolute atomic E-state index is 13.6. The van der Waals surface area contributed by atoms with Crippen LogP contribution in [0.2, 0.25) is 0 Å². The number of pyridine rings is 1. The maximum Gasteiger partial charge on any atom is 0.268 e. The predicted octanol–water partition coefficient (Wildman–Crippen LogP) is 5.42. The topological polar surface area (TPSA) is 77.4 Å². The van der Waals surface area contributed by atoms with E-state index in [2.05, 4.69) is 12.2 Å². The maximum atomic E-state index is 13.6. The number of ketones is 1. The van der Waals surface area contributed by atoms with E-state index in [1.807, 2.05) is 44.2 Å². The van der Waals surface area contributed by atoms with Gasteiger partial charge in [-0.1, -0.05) is 45.4 Å². The molecule has 4 rings (SSSR count). The third kappa shape index (κ3) is 4.96. The van der Waals surface area contributed by atoms with Crippen molar-refractivity contribution in [1.82, 2.24) is 4.57 Å². The van der Waals surface area contributed by atoms with Crippen molar-refractivity contribution in [3.63, 3.8) is 0 Å². The molecule has 1 aliphatic rings. The first-order valence-corrected chi connectivity index (χ1v) is 11.7. The summed E-state index contributed by atoms with van der Waals surface area (Å²) in [4.78, 5) is 39.7. The van der Waals surface area contributed by atoms with Crippen LogP contribution in [0.4, 0.5) is 5.69 Å². The number of nitrogens with one attached hydrogen (secondary N) is 1. The Morgan fingerprint density at radius 1 is 1.03 bits per heavy atom. The van der Waals surface area contributed by atoms with E-state index in [4.69, 9.17) is 4.74 Å². The van der Waals surface area contributed by atoms with Crippen molar-refractivity contribution < 1.29 is 14.3 Å². The standard InChI is InChI=1S/C28H30N2O4/c1-4-5-15-34-21-13-11-19(12-14-21)29-26(32)23-16-22-24(17-28(2,3)18-25(22)31)30(27(23)33)20-9-7-6-8-10-20/h6-14,16H,4-5,15,17-18H2,1-3H3,(H,29,32). The highest BCUT2D eigenvalue weighted by atomic mass is 16.5. The minimum atomic E-state index is -0.547. The first kappa shape index (κ1) is 23.5. The molecule has 176 valence electrons. The number of aromatic nitrogens is 1. The van der Waals surface area contributed by atoms with E-state index in [1.165, 1.54) is 10.6 Å². The molecule has 0 saturated heterocycles. The average molecular weight is 459 g/mol. The summed E-state index contributed by atoms with van der Waals surface area (Å²) in [5.74, 6) is 0.119. The third-order valence-corrected chi connectivity index (χ3v) is 6.03. The molecule has 6 heteroatoms. The van der Waals surface area contributed by atoms with Crippen molar-refractivity contribution in [2.24, 2.45) is 5.41 Å². The van der Waals surface area contributed by atoms with Crippen LogP contribution in [-0.2, 0) is 6.42 Å². The fourth-order valence-electron chi connectivity index (χ4n) is 4.29. The van der Waals surface area contributed by atoms with E-state index in [0.29, 0.717) is 42.1 Å². The number of benzene rings is 2. The van der Waals surface area contributed by atoms with Crippen LogP contribution in [-0.4, -0.2) is 22.9 Å². The highest BCUT2D eigenvalue weighted by molar-refractivity contribution is 6.07. The lowest BCUT2D eigenvalue weighted by atomic mass is 9.75. The van der Waals surface area contributed by atoms with Gasteiger partial charge in [-0.25, -0.2) is 0 Å². The molecular formula is C28H30N2O4. The van der Waals surface area contributed by atoms with Crippen molar-refractivity contribution in [3.05, 3.63) is 87.8 Å². The SMILES string of the molecule is CCCCOc1ccc(NC(=O)c2cc3c(n(-c4ccccc4)c2=O)CC(C)(C)CC3=O)cc1. The van der Waals surface area contributed by atoms with E-state index in [-0.39, 0.29) is 16.8 Å². The minimum Gasteiger partial charge on any atom is -0.494 e. The van der Waals surface area contributed by atoms with Crippen LogP contribution in [0, 0.1) is 5.41 Å². The van der Waals surface area contributed by atoms with Crippen LogP contribution >= 0.6 is 0 Å². The van der Waals surface area contributed by atoms with Gasteiger partial charge in [0.1, 0.15) is 11.3 Å². The second-order valence-corrected chi connectivity index (χ2v) is 9.52. The smallest absolute Gasteiger partial charge is 0.268 e. The first-order chi connectivity index (χ1) is 16.3. The molecular weight excluding hydrogens is 428 g/mol. The Morgan fingerprint density at radius 3 is 2.41 bits per heavy atom. The van der Waals surface area contributed by atoms with Gasteiger partial charge >= 0.3 is 0 Å². The van der Waals surface area contributed by atoms with Gasteiger partial charge in [0, 0.05) is 29.1 Å². The van der Waals surface area contributed by atoms with Crippen molar-refractivity contribution in [2.45, 2.75) is 46.5 Å². The molecule has 0 fully saturated rings. The Kier molecular flexibility index (Phi) is 6.68. The Labute approximate surface area is 199 Å². The summed E-state index contributed by atoms with van der Waals surface area (Å²) in [7, 11) is 0. The number of hydrogen-bond donors (Lipinski definition) is 1. The lowest BCUT2D eigenvalue weighted by Gasteiger charge is -2.32. The van der Waals surface area contributed by atoms with Gasteiger partial charge < -0.3 is 10.1 Å². The summed E-state index contributed by atoms with van der Waals surface area (Å²) in [6.07, 6.45) is 2.96. The highest BCUT2D eigenvalue weighted by Crippen LogP contribution is 2.35. The number of anilines is 1. The number of rotatable bonds is 7. The van der Waals surface area contributed by atoms with Gasteiger partial charge in [0.05, 0.1) is 6.61 Å². The van der Waals surface area contributed by atoms with Gasteiger partial charge in [0.25, 0.3) is 11.5 Å². The van der Waals surface area contributed by atoms with Crippen LogP contribution in [0.3, 0.4) is 0 Å². The lowest BCUT2D eigenvalue weighted by molar-refractivity contribution is 0.0909. The zero-order valence-electron chi connectivity index (χ0n) is 19.9. The number of carbonyl (C=O) groups is 2. The fourth-order valence-corrected chi connectivity index (χ4v) is 4.29. The number of hydrogen-bond acceptors (Lipinski definition) is 4. The van der Waals surface area contributed by atoms with Gasteiger partial charge in [0.15, 0.2) is 5.78 Å². The summed E-state index contributed by atoms with van der Waals surface area (Å²) in [5.41, 5.74) is 1.51. The summed E-state index contributed by atoms with van der Waals surface area (Å²) < 4.78 is 7.18. The van der Waals surface area contributed by atoms with Gasteiger partial charge in [-0.15, -0.1) is 0 Å². The predicted molar refractivity (Wildman–Crippen MR) is 133 cm³/mol. The molecule has 1 N–H and O–H groups in total. The Bertz CT molecular complexity index is 1260. The molecule has 34 heavy (non-hydrogen) atoms. The molecule has 0 radical (unpaired) electrons. The van der Waals surface area contributed by atoms with E-state index >= 15 is 0 Å². The second kappa shape index (κ2) is 9.67. The van der Waals surface area contributed by atoms with E-state index in [9.17, 15) is 14.4 Å². The summed E-state index contributed by atoms with van der Waals surface area (Å²) in [6.45, 7) is 6.78. The van der Waals surface area contributed by atoms with Crippen LogP contribution in [0.25, 0.3) is 5.69 Å². The van der Waals surface area contributed by atoms with Crippen LogP contribution in [0.5, 0.6) is 5.75 Å². The molecule has 0 saturated carbocycles. The molecule has 1 heterocycles. The van der Waals surface area contributed by atoms with Gasteiger partial charge in [0.2, 0.25) is 0 Å². The van der Waals surface area contributed by atoms with Crippen molar-refractivity contribution in [1.29, 1.82) is 0 Å². The number of nitrogens with zero attached hydrogens (tertiary/aromatic N) is 1. The number of para-hydroxylation sites is 1. The van der Waals surface area contributed by atoms with Crippen molar-refractivity contribution >= 4 is 17.4 Å². The highest BCUT2D eigenvalue weighted by Gasteiger charge is 2.35. The van der Waals surface area contributed by atoms with Crippen LogP contribution in [0.15, 0.2) is 65.5 Å². The minimum absolute atomic E-state index is 0.0565. The molecule has 3 aromatic rings. The monoisotopic (exact) mass is 458 g/mol. The zero-order valence-corrected chi connectivity index (χ0v) is 19.9. The van der Waals surface area contributed by atoms with Crippen molar-refractivity contribution in [3.8, 4) is 11.4 Å². The zero-order chi connectivity index (χ0) is 24.3. The number of unbranched alkanes of at least 4 members (excludes halogenated alkanes) is 1. The Balaban J connectivity index is 1.70. The number of ether oxygens (including phenoxy) is 1. The van der Waals surface area contributed by atoms with Gasteiger partial charge in [-0.05, 0) is 60.7 Å².